The highest BCUT2D eigenvalue weighted by atomic mass is 35.5. The van der Waals surface area contributed by atoms with Gasteiger partial charge in [0.25, 0.3) is 5.91 Å². The molecule has 4 heterocycles. The van der Waals surface area contributed by atoms with Crippen LogP contribution in [-0.4, -0.2) is 93.9 Å². The fourth-order valence-electron chi connectivity index (χ4n) is 7.64. The van der Waals surface area contributed by atoms with Crippen molar-refractivity contribution in [3.63, 3.8) is 0 Å². The molecule has 314 valence electrons. The van der Waals surface area contributed by atoms with Gasteiger partial charge in [0.05, 0.1) is 23.3 Å². The zero-order chi connectivity index (χ0) is 42.2. The molecule has 1 atom stereocenters. The number of nitrogens with one attached hydrogen (secondary N) is 4. The first kappa shape index (κ1) is 42.5. The number of carbonyl (C=O) groups is 5. The molecule has 0 spiro atoms. The number of amides is 5. The summed E-state index contributed by atoms with van der Waals surface area (Å²) in [6.45, 7) is 2.53. The van der Waals surface area contributed by atoms with Crippen LogP contribution in [0.2, 0.25) is 5.02 Å². The van der Waals surface area contributed by atoms with Crippen LogP contribution in [0.4, 0.5) is 21.6 Å². The molecule has 60 heavy (non-hydrogen) atoms. The van der Waals surface area contributed by atoms with Gasteiger partial charge in [-0.15, -0.1) is 11.8 Å². The smallest absolute Gasteiger partial charge is 0.255 e. The van der Waals surface area contributed by atoms with E-state index in [9.17, 15) is 28.4 Å². The third kappa shape index (κ3) is 10.4. The maximum absolute atomic E-state index is 13.7. The fraction of sp³-hybridized carbons (Fsp3) is 0.372. The molecule has 2 fully saturated rings. The van der Waals surface area contributed by atoms with E-state index in [1.807, 2.05) is 18.2 Å². The molecule has 1 unspecified atom stereocenters. The van der Waals surface area contributed by atoms with Crippen molar-refractivity contribution < 1.29 is 33.1 Å². The largest absolute Gasteiger partial charge is 0.494 e. The maximum Gasteiger partial charge on any atom is 0.255 e. The number of anilines is 3. The maximum atomic E-state index is 13.7. The molecule has 17 heteroatoms. The summed E-state index contributed by atoms with van der Waals surface area (Å²) >= 11 is 7.64. The molecule has 0 radical (unpaired) electrons. The topological polar surface area (TPSA) is 175 Å². The minimum absolute atomic E-state index is 0.0272. The fourth-order valence-corrected chi connectivity index (χ4v) is 8.92. The van der Waals surface area contributed by atoms with Crippen molar-refractivity contribution in [2.75, 3.05) is 43.1 Å². The molecule has 3 aliphatic rings. The van der Waals surface area contributed by atoms with Crippen LogP contribution < -0.4 is 26.0 Å². The summed E-state index contributed by atoms with van der Waals surface area (Å²) < 4.78 is 19.2. The Morgan fingerprint density at radius 3 is 2.67 bits per heavy atom. The summed E-state index contributed by atoms with van der Waals surface area (Å²) in [5, 5.41) is 12.1. The summed E-state index contributed by atoms with van der Waals surface area (Å²) in [6, 6.07) is 12.8. The van der Waals surface area contributed by atoms with Crippen LogP contribution in [0.15, 0.2) is 71.9 Å². The molecule has 1 aromatic heterocycles. The highest BCUT2D eigenvalue weighted by Gasteiger charge is 2.39. The number of aromatic nitrogens is 2. The molecule has 4 aromatic rings. The van der Waals surface area contributed by atoms with E-state index in [2.05, 4.69) is 36.1 Å². The van der Waals surface area contributed by atoms with Crippen LogP contribution >= 0.6 is 23.4 Å². The Hall–Kier alpha value is -5.58. The number of rotatable bonds is 16. The first-order chi connectivity index (χ1) is 29.1. The average Bonchev–Trinajstić information content (AvgIpc) is 3.57. The van der Waals surface area contributed by atoms with Gasteiger partial charge in [0.15, 0.2) is 0 Å². The Kier molecular flexibility index (Phi) is 13.9. The molecule has 7 rings (SSSR count). The van der Waals surface area contributed by atoms with Crippen LogP contribution in [0.3, 0.4) is 0 Å². The Labute approximate surface area is 356 Å². The molecule has 3 aromatic carbocycles. The summed E-state index contributed by atoms with van der Waals surface area (Å²) in [5.74, 6) is 0.0278. The number of imide groups is 1. The van der Waals surface area contributed by atoms with Crippen molar-refractivity contribution in [3.8, 4) is 5.75 Å². The number of halogens is 2. The third-order valence-corrected chi connectivity index (χ3v) is 12.3. The zero-order valence-corrected chi connectivity index (χ0v) is 34.7. The van der Waals surface area contributed by atoms with Gasteiger partial charge in [-0.25, -0.2) is 14.4 Å². The standard InChI is InChI=1S/C43H46ClFN8O6S/c1-59-36-23-33-29(41(47-25-46-33)49-27-11-12-32(45)31(44)21-27)22-34(36)50-39(55)10-6-17-52-18-15-26(16-19-52)48-38(54)9-3-2-4-20-60-37-8-5-7-28-30(37)24-53(43(28)58)35-13-14-40(56)51-42(35)57/h5-8,10-12,21-23,25-26,35H,2-4,9,13-20,24H2,1H3,(H,48,54)(H,50,55)(H,46,47,49)(H,51,56,57)/b10-6+. The third-order valence-electron chi connectivity index (χ3n) is 10.8. The van der Waals surface area contributed by atoms with Gasteiger partial charge in [0.2, 0.25) is 23.6 Å². The second kappa shape index (κ2) is 19.7. The second-order valence-corrected chi connectivity index (χ2v) is 16.5. The Morgan fingerprint density at radius 1 is 1.05 bits per heavy atom. The monoisotopic (exact) mass is 856 g/mol. The van der Waals surface area contributed by atoms with Gasteiger partial charge in [0.1, 0.15) is 29.8 Å². The number of thioether (sulfide) groups is 1. The van der Waals surface area contributed by atoms with Crippen molar-refractivity contribution in [1.29, 1.82) is 0 Å². The van der Waals surface area contributed by atoms with Crippen LogP contribution in [0.5, 0.6) is 5.75 Å². The molecular weight excluding hydrogens is 811 g/mol. The number of piperidine rings is 2. The zero-order valence-electron chi connectivity index (χ0n) is 33.1. The number of likely N-dealkylation sites (tertiary alicyclic amines) is 1. The predicted octanol–water partition coefficient (Wildman–Crippen LogP) is 6.36. The molecular formula is C43H46ClFN8O6S. The predicted molar refractivity (Wildman–Crippen MR) is 228 cm³/mol. The lowest BCUT2D eigenvalue weighted by molar-refractivity contribution is -0.137. The lowest BCUT2D eigenvalue weighted by Gasteiger charge is -2.31. The van der Waals surface area contributed by atoms with Gasteiger partial charge in [-0.3, -0.25) is 34.2 Å². The number of carbonyl (C=O) groups excluding carboxylic acids is 5. The number of hydrogen-bond donors (Lipinski definition) is 4. The quantitative estimate of drug-likeness (QED) is 0.0427. The number of unbranched alkanes of at least 4 members (excludes halogenated alkanes) is 2. The van der Waals surface area contributed by atoms with E-state index in [-0.39, 0.29) is 41.1 Å². The highest BCUT2D eigenvalue weighted by molar-refractivity contribution is 7.99. The van der Waals surface area contributed by atoms with Crippen LogP contribution in [-0.2, 0) is 25.7 Å². The lowest BCUT2D eigenvalue weighted by atomic mass is 10.0. The first-order valence-electron chi connectivity index (χ1n) is 20.0. The second-order valence-electron chi connectivity index (χ2n) is 14.9. The summed E-state index contributed by atoms with van der Waals surface area (Å²) in [7, 11) is 1.51. The van der Waals surface area contributed by atoms with E-state index in [0.717, 1.165) is 61.4 Å². The number of hydrogen-bond acceptors (Lipinski definition) is 11. The summed E-state index contributed by atoms with van der Waals surface area (Å²) in [4.78, 5) is 76.3. The van der Waals surface area contributed by atoms with E-state index in [1.54, 1.807) is 40.9 Å². The summed E-state index contributed by atoms with van der Waals surface area (Å²) in [5.41, 5.74) is 3.09. The van der Waals surface area contributed by atoms with E-state index in [4.69, 9.17) is 16.3 Å². The highest BCUT2D eigenvalue weighted by Crippen LogP contribution is 2.36. The summed E-state index contributed by atoms with van der Waals surface area (Å²) in [6.07, 6.45) is 9.99. The van der Waals surface area contributed by atoms with Gasteiger partial charge < -0.3 is 25.6 Å². The molecule has 4 N–H and O–H groups in total. The van der Waals surface area contributed by atoms with Gasteiger partial charge in [-0.05, 0) is 79.8 Å². The number of ether oxygens (including phenoxy) is 1. The van der Waals surface area contributed by atoms with Gasteiger partial charge in [0, 0.05) is 78.7 Å². The van der Waals surface area contributed by atoms with Gasteiger partial charge in [-0.2, -0.15) is 0 Å². The molecule has 0 bridgehead atoms. The minimum Gasteiger partial charge on any atom is -0.494 e. The van der Waals surface area contributed by atoms with Crippen molar-refractivity contribution in [3.05, 3.63) is 89.0 Å². The Bertz CT molecular complexity index is 2320. The molecule has 0 aliphatic carbocycles. The van der Waals surface area contributed by atoms with Crippen molar-refractivity contribution >= 4 is 81.0 Å². The SMILES string of the molecule is COc1cc2ncnc(Nc3ccc(F)c(Cl)c3)c2cc1NC(=O)/C=C/CN1CCC(NC(=O)CCCCCSc2cccc3c2CN(C2CCC(=O)NC2=O)C3=O)CC1. The number of methoxy groups -OCH3 is 1. The minimum atomic E-state index is -0.633. The van der Waals surface area contributed by atoms with Crippen LogP contribution in [0.1, 0.15) is 67.3 Å². The van der Waals surface area contributed by atoms with Crippen molar-refractivity contribution in [1.82, 2.24) is 30.4 Å². The Morgan fingerprint density at radius 2 is 1.88 bits per heavy atom. The van der Waals surface area contributed by atoms with E-state index < -0.39 is 17.8 Å². The molecule has 2 saturated heterocycles. The normalized spacial score (nSPS) is 17.2. The molecule has 3 aliphatic heterocycles. The van der Waals surface area contributed by atoms with Crippen molar-refractivity contribution in [2.24, 2.45) is 0 Å². The number of benzene rings is 3. The van der Waals surface area contributed by atoms with E-state index in [1.165, 1.54) is 31.6 Å². The number of nitrogens with zero attached hydrogens (tertiary/aromatic N) is 4. The van der Waals surface area contributed by atoms with Gasteiger partial charge >= 0.3 is 0 Å². The van der Waals surface area contributed by atoms with E-state index >= 15 is 0 Å². The van der Waals surface area contributed by atoms with Crippen LogP contribution in [0, 0.1) is 5.82 Å². The van der Waals surface area contributed by atoms with Crippen molar-refractivity contribution in [2.45, 2.75) is 74.9 Å². The van der Waals surface area contributed by atoms with Crippen LogP contribution in [0.25, 0.3) is 10.9 Å². The lowest BCUT2D eigenvalue weighted by Crippen LogP contribution is -2.52. The molecule has 5 amide bonds. The first-order valence-corrected chi connectivity index (χ1v) is 21.4. The molecule has 0 saturated carbocycles. The molecule has 14 nitrogen and oxygen atoms in total. The average molecular weight is 857 g/mol. The van der Waals surface area contributed by atoms with Gasteiger partial charge in [-0.1, -0.05) is 30.2 Å². The van der Waals surface area contributed by atoms with E-state index in [0.29, 0.717) is 65.3 Å². The Balaban J connectivity index is 0.794. The number of fused-ring (bicyclic) bond motifs is 2.